The van der Waals surface area contributed by atoms with E-state index < -0.39 is 0 Å². The quantitative estimate of drug-likeness (QED) is 0.135. The molecule has 0 aromatic carbocycles. The molecule has 4 N–H and O–H groups in total. The number of aromatic nitrogens is 8. The van der Waals surface area contributed by atoms with Crippen molar-refractivity contribution in [2.24, 2.45) is 0 Å². The van der Waals surface area contributed by atoms with Crippen LogP contribution in [-0.2, 0) is 12.8 Å². The van der Waals surface area contributed by atoms with E-state index in [1.165, 1.54) is 0 Å². The molecule has 0 saturated carbocycles. The molecule has 8 nitrogen and oxygen atoms in total. The van der Waals surface area contributed by atoms with Gasteiger partial charge in [0, 0.05) is 55.5 Å². The lowest BCUT2D eigenvalue weighted by Gasteiger charge is -1.85. The molecular weight excluding hydrogens is 592 g/mol. The van der Waals surface area contributed by atoms with Crippen molar-refractivity contribution in [2.45, 2.75) is 12.8 Å². The smallest absolute Gasteiger partial charge is 0.0658 e. The Morgan fingerprint density at radius 1 is 0.292 bits per heavy atom. The van der Waals surface area contributed by atoms with Gasteiger partial charge in [0.1, 0.15) is 0 Å². The molecule has 0 saturated heterocycles. The second-order valence-electron chi connectivity index (χ2n) is 12.1. The van der Waals surface area contributed by atoms with Crippen molar-refractivity contribution in [3.05, 3.63) is 143 Å². The van der Waals surface area contributed by atoms with Gasteiger partial charge in [-0.05, 0) is 146 Å². The number of fused-ring (bicyclic) bond motifs is 16. The van der Waals surface area contributed by atoms with Crippen molar-refractivity contribution in [3.8, 4) is 0 Å². The molecular formula is C40H30N8. The molecule has 16 bridgehead atoms. The van der Waals surface area contributed by atoms with Gasteiger partial charge in [0.05, 0.1) is 34.2 Å². The Morgan fingerprint density at radius 3 is 0.771 bits per heavy atom. The van der Waals surface area contributed by atoms with Crippen LogP contribution in [0.2, 0.25) is 0 Å². The monoisotopic (exact) mass is 622 g/mol. The molecule has 230 valence electrons. The van der Waals surface area contributed by atoms with Gasteiger partial charge in [0.2, 0.25) is 0 Å². The van der Waals surface area contributed by atoms with Gasteiger partial charge < -0.3 is 19.9 Å². The maximum atomic E-state index is 4.75. The Labute approximate surface area is 275 Å². The maximum absolute atomic E-state index is 4.75. The van der Waals surface area contributed by atoms with Gasteiger partial charge in [-0.1, -0.05) is 0 Å². The summed E-state index contributed by atoms with van der Waals surface area (Å²) in [5.74, 6) is 0. The van der Waals surface area contributed by atoms with Crippen molar-refractivity contribution in [1.29, 1.82) is 0 Å². The van der Waals surface area contributed by atoms with Crippen molar-refractivity contribution in [1.82, 2.24) is 39.9 Å². The Kier molecular flexibility index (Phi) is 6.75. The Balaban J connectivity index is 0.000000131. The highest BCUT2D eigenvalue weighted by atomic mass is 14.8. The zero-order chi connectivity index (χ0) is 31.9. The third-order valence-electron chi connectivity index (χ3n) is 8.36. The molecule has 0 radical (unpaired) electrons. The third-order valence-corrected chi connectivity index (χ3v) is 8.36. The summed E-state index contributed by atoms with van der Waals surface area (Å²) in [6, 6.07) is 33.0. The van der Waals surface area contributed by atoms with E-state index >= 15 is 0 Å². The molecule has 6 aromatic heterocycles. The van der Waals surface area contributed by atoms with Crippen LogP contribution in [0, 0.1) is 0 Å². The fourth-order valence-corrected chi connectivity index (χ4v) is 6.13. The molecule has 4 aliphatic rings. The fourth-order valence-electron chi connectivity index (χ4n) is 6.13. The Bertz CT molecular complexity index is 2380. The highest BCUT2D eigenvalue weighted by Crippen LogP contribution is 2.19. The summed E-state index contributed by atoms with van der Waals surface area (Å²) in [7, 11) is 0. The van der Waals surface area contributed by atoms with Crippen molar-refractivity contribution >= 4 is 80.6 Å². The standard InChI is InChI=1S/C20H16N4.C20H14N4/c2*1-2-14-10-16-5-6-18(23-16)12-20-8-7-19(24-20)11-17-4-3-15(22-17)9-13(1)21-14/h1-6,9-12,22-23H,7-8H2;1-12,21,24H. The largest absolute Gasteiger partial charge is 0.355 e. The van der Waals surface area contributed by atoms with Crippen LogP contribution < -0.4 is 0 Å². The van der Waals surface area contributed by atoms with Crippen LogP contribution in [0.25, 0.3) is 80.6 Å². The van der Waals surface area contributed by atoms with E-state index in [2.05, 4.69) is 108 Å². The Hall–Kier alpha value is -6.54. The SMILES string of the molecule is C1=Cc2cc3ccc(cc4nc(cc5ccc(cc1n2)[nH]5)C=C4)[nH]3.C1=Cc2cc3ccc(cc4nc(cc5ccc(cc1n2)[nH]5)CC4)[nH]3. The van der Waals surface area contributed by atoms with E-state index in [9.17, 15) is 0 Å². The molecule has 0 unspecified atom stereocenters. The molecule has 8 heteroatoms. The number of hydrogen-bond acceptors (Lipinski definition) is 4. The topological polar surface area (TPSA) is 115 Å². The summed E-state index contributed by atoms with van der Waals surface area (Å²) in [5.41, 5.74) is 16.3. The first-order valence-electron chi connectivity index (χ1n) is 16.0. The van der Waals surface area contributed by atoms with Crippen molar-refractivity contribution in [2.75, 3.05) is 0 Å². The van der Waals surface area contributed by atoms with E-state index in [0.717, 1.165) is 103 Å². The summed E-state index contributed by atoms with van der Waals surface area (Å²) < 4.78 is 0. The first-order valence-corrected chi connectivity index (χ1v) is 16.0. The number of H-pyrrole nitrogens is 4. The number of hydrogen-bond donors (Lipinski definition) is 4. The number of rotatable bonds is 0. The molecule has 10 rings (SSSR count). The van der Waals surface area contributed by atoms with Gasteiger partial charge in [-0.3, -0.25) is 4.98 Å². The van der Waals surface area contributed by atoms with Crippen LogP contribution in [0.5, 0.6) is 0 Å². The van der Waals surface area contributed by atoms with Crippen LogP contribution in [-0.4, -0.2) is 39.9 Å². The van der Waals surface area contributed by atoms with E-state index in [0.29, 0.717) is 0 Å². The van der Waals surface area contributed by atoms with Gasteiger partial charge in [-0.15, -0.1) is 0 Å². The summed E-state index contributed by atoms with van der Waals surface area (Å²) in [6.07, 6.45) is 14.1. The molecule has 0 amide bonds. The molecule has 10 heterocycles. The maximum Gasteiger partial charge on any atom is 0.0658 e. The van der Waals surface area contributed by atoms with Gasteiger partial charge >= 0.3 is 0 Å². The molecule has 4 aliphatic heterocycles. The summed E-state index contributed by atoms with van der Waals surface area (Å²) in [5, 5.41) is 0. The van der Waals surface area contributed by atoms with Gasteiger partial charge in [-0.25, -0.2) is 15.0 Å². The minimum Gasteiger partial charge on any atom is -0.355 e. The zero-order valence-corrected chi connectivity index (χ0v) is 25.9. The van der Waals surface area contributed by atoms with Crippen LogP contribution in [0.3, 0.4) is 0 Å². The fraction of sp³-hybridized carbons (Fsp3) is 0.0500. The highest BCUT2D eigenvalue weighted by Gasteiger charge is 2.06. The minimum atomic E-state index is 0.939. The second-order valence-corrected chi connectivity index (χ2v) is 12.1. The number of aryl methyl sites for hydroxylation is 2. The van der Waals surface area contributed by atoms with Crippen LogP contribution in [0.4, 0.5) is 0 Å². The number of aromatic amines is 4. The average molecular weight is 623 g/mol. The first kappa shape index (κ1) is 27.7. The van der Waals surface area contributed by atoms with E-state index in [1.54, 1.807) is 0 Å². The average Bonchev–Trinajstić information content (AvgIpc) is 3.91. The van der Waals surface area contributed by atoms with Crippen LogP contribution in [0.15, 0.2) is 97.1 Å². The third kappa shape index (κ3) is 6.15. The lowest BCUT2D eigenvalue weighted by molar-refractivity contribution is 1.03. The normalized spacial score (nSPS) is 13.0. The van der Waals surface area contributed by atoms with Gasteiger partial charge in [0.25, 0.3) is 0 Å². The summed E-state index contributed by atoms with van der Waals surface area (Å²) in [4.78, 5) is 32.2. The summed E-state index contributed by atoms with van der Waals surface area (Å²) in [6.45, 7) is 0. The minimum absolute atomic E-state index is 0.939. The van der Waals surface area contributed by atoms with E-state index in [-0.39, 0.29) is 0 Å². The first-order chi connectivity index (χ1) is 23.6. The predicted octanol–water partition coefficient (Wildman–Crippen LogP) is 8.93. The lowest BCUT2D eigenvalue weighted by Crippen LogP contribution is -1.77. The number of nitrogens with zero attached hydrogens (tertiary/aromatic N) is 4. The second kappa shape index (κ2) is 11.7. The number of nitrogens with one attached hydrogen (secondary N) is 4. The highest BCUT2D eigenvalue weighted by molar-refractivity contribution is 5.78. The molecule has 0 atom stereocenters. The van der Waals surface area contributed by atoms with Gasteiger partial charge in [0.15, 0.2) is 0 Å². The predicted molar refractivity (Wildman–Crippen MR) is 196 cm³/mol. The van der Waals surface area contributed by atoms with Crippen molar-refractivity contribution < 1.29 is 0 Å². The molecule has 0 aliphatic carbocycles. The molecule has 6 aromatic rings. The van der Waals surface area contributed by atoms with E-state index in [4.69, 9.17) is 4.98 Å². The summed E-state index contributed by atoms with van der Waals surface area (Å²) >= 11 is 0. The zero-order valence-electron chi connectivity index (χ0n) is 25.9. The molecule has 0 spiro atoms. The lowest BCUT2D eigenvalue weighted by atomic mass is 10.2. The molecule has 0 fully saturated rings. The van der Waals surface area contributed by atoms with Gasteiger partial charge in [-0.2, -0.15) is 0 Å². The van der Waals surface area contributed by atoms with Crippen LogP contribution in [0.1, 0.15) is 45.6 Å². The molecule has 48 heavy (non-hydrogen) atoms. The van der Waals surface area contributed by atoms with Crippen LogP contribution >= 0.6 is 0 Å². The van der Waals surface area contributed by atoms with Crippen molar-refractivity contribution in [3.63, 3.8) is 0 Å². The van der Waals surface area contributed by atoms with E-state index in [1.807, 2.05) is 60.7 Å². The Morgan fingerprint density at radius 2 is 0.521 bits per heavy atom.